The van der Waals surface area contributed by atoms with Crippen molar-refractivity contribution in [2.24, 2.45) is 15.9 Å². The minimum Gasteiger partial charge on any atom is -0.388 e. The minimum absolute atomic E-state index is 0.146. The molecule has 0 aliphatic carbocycles. The van der Waals surface area contributed by atoms with E-state index < -0.39 is 0 Å². The van der Waals surface area contributed by atoms with Gasteiger partial charge in [0.25, 0.3) is 0 Å². The van der Waals surface area contributed by atoms with Gasteiger partial charge in [0, 0.05) is 6.42 Å². The molecule has 0 bridgehead atoms. The predicted octanol–water partition coefficient (Wildman–Crippen LogP) is 0.469. The lowest BCUT2D eigenvalue weighted by Crippen LogP contribution is -2.32. The van der Waals surface area contributed by atoms with Crippen LogP contribution < -0.4 is 5.73 Å². The van der Waals surface area contributed by atoms with E-state index in [0.29, 0.717) is 6.42 Å². The van der Waals surface area contributed by atoms with Crippen molar-refractivity contribution in [2.45, 2.75) is 18.7 Å². The summed E-state index contributed by atoms with van der Waals surface area (Å²) >= 11 is 3.18. The number of nitrogens with two attached hydrogens (primary N) is 1. The Labute approximate surface area is 67.3 Å². The Bertz CT molecular complexity index is 170. The molecular weight excluding hydrogens is 198 g/mol. The lowest BCUT2D eigenvalue weighted by Gasteiger charge is -2.10. The average molecular weight is 206 g/mol. The average Bonchev–Trinajstić information content (AvgIpc) is 2.34. The van der Waals surface area contributed by atoms with E-state index in [0.717, 1.165) is 4.62 Å². The molecule has 1 aliphatic rings. The molecule has 0 fully saturated rings. The van der Waals surface area contributed by atoms with Crippen LogP contribution in [0.15, 0.2) is 10.1 Å². The van der Waals surface area contributed by atoms with E-state index in [9.17, 15) is 0 Å². The number of rotatable bonds is 2. The third-order valence-electron chi connectivity index (χ3n) is 1.25. The second kappa shape index (κ2) is 3.12. The highest BCUT2D eigenvalue weighted by atomic mass is 79.9. The third kappa shape index (κ3) is 1.54. The van der Waals surface area contributed by atoms with Gasteiger partial charge in [-0.2, -0.15) is 0 Å². The molecule has 0 aromatic rings. The van der Waals surface area contributed by atoms with Gasteiger partial charge in [-0.1, -0.05) is 5.16 Å². The fourth-order valence-electron chi connectivity index (χ4n) is 0.666. The van der Waals surface area contributed by atoms with Crippen LogP contribution in [0, 0.1) is 0 Å². The molecule has 1 heterocycles. The molecule has 5 heteroatoms. The Balaban J connectivity index is 2.41. The van der Waals surface area contributed by atoms with Crippen molar-refractivity contribution in [1.29, 1.82) is 0 Å². The lowest BCUT2D eigenvalue weighted by molar-refractivity contribution is 0.0683. The van der Waals surface area contributed by atoms with E-state index in [1.807, 2.05) is 0 Å². The molecule has 0 radical (unpaired) electrons. The Kier molecular flexibility index (Phi) is 2.39. The zero-order valence-electron chi connectivity index (χ0n) is 5.33. The van der Waals surface area contributed by atoms with E-state index in [4.69, 9.17) is 10.6 Å². The minimum atomic E-state index is -0.376. The molecule has 56 valence electrons. The maximum Gasteiger partial charge on any atom is 0.168 e. The van der Waals surface area contributed by atoms with Gasteiger partial charge in [0.15, 0.2) is 6.10 Å². The Hall–Kier alpha value is -0.420. The summed E-state index contributed by atoms with van der Waals surface area (Å²) in [5, 5.41) is 3.65. The Morgan fingerprint density at radius 1 is 2.00 bits per heavy atom. The van der Waals surface area contributed by atoms with Crippen LogP contribution in [0.2, 0.25) is 0 Å². The largest absolute Gasteiger partial charge is 0.388 e. The van der Waals surface area contributed by atoms with Crippen LogP contribution in [-0.4, -0.2) is 23.6 Å². The van der Waals surface area contributed by atoms with E-state index >= 15 is 0 Å². The van der Waals surface area contributed by atoms with E-state index in [2.05, 4.69) is 32.8 Å². The Morgan fingerprint density at radius 2 is 2.70 bits per heavy atom. The van der Waals surface area contributed by atoms with E-state index in [1.54, 1.807) is 0 Å². The first-order valence-electron chi connectivity index (χ1n) is 2.83. The summed E-state index contributed by atoms with van der Waals surface area (Å²) < 4.78 is 0.775. The van der Waals surface area contributed by atoms with Gasteiger partial charge in [0.2, 0.25) is 0 Å². The van der Waals surface area contributed by atoms with E-state index in [1.165, 1.54) is 0 Å². The highest BCUT2D eigenvalue weighted by molar-refractivity contribution is 9.18. The van der Waals surface area contributed by atoms with Gasteiger partial charge in [-0.15, -0.1) is 0 Å². The van der Waals surface area contributed by atoms with Gasteiger partial charge >= 0.3 is 0 Å². The number of hydrogen-bond donors (Lipinski definition) is 1. The highest BCUT2D eigenvalue weighted by Crippen LogP contribution is 2.16. The van der Waals surface area contributed by atoms with Crippen molar-refractivity contribution in [3.63, 3.8) is 0 Å². The molecule has 0 aromatic carbocycles. The molecule has 2 unspecified atom stereocenters. The van der Waals surface area contributed by atoms with Crippen LogP contribution in [0.3, 0.4) is 0 Å². The van der Waals surface area contributed by atoms with Crippen molar-refractivity contribution in [2.75, 3.05) is 0 Å². The summed E-state index contributed by atoms with van der Waals surface area (Å²) in [6.07, 6.45) is 0.158. The van der Waals surface area contributed by atoms with Crippen molar-refractivity contribution in [3.05, 3.63) is 0 Å². The maximum absolute atomic E-state index is 5.49. The fraction of sp³-hybridized carbons (Fsp3) is 0.600. The molecule has 0 amide bonds. The fourth-order valence-corrected chi connectivity index (χ4v) is 1.07. The van der Waals surface area contributed by atoms with E-state index in [-0.39, 0.29) is 12.3 Å². The van der Waals surface area contributed by atoms with Crippen LogP contribution in [0.5, 0.6) is 0 Å². The molecule has 2 atom stereocenters. The molecule has 0 saturated carbocycles. The second-order valence-corrected chi connectivity index (χ2v) is 2.90. The SMILES string of the molecule is C=NC(N)C1CC(Br)=NO1. The number of halogens is 1. The van der Waals surface area contributed by atoms with Crippen LogP contribution in [0.25, 0.3) is 0 Å². The summed E-state index contributed by atoms with van der Waals surface area (Å²) in [6, 6.07) is 0. The number of aliphatic imine (C=N–C) groups is 1. The molecule has 4 nitrogen and oxygen atoms in total. The van der Waals surface area contributed by atoms with Gasteiger partial charge in [0.05, 0.1) is 0 Å². The van der Waals surface area contributed by atoms with Gasteiger partial charge in [0.1, 0.15) is 10.8 Å². The normalized spacial score (nSPS) is 27.0. The van der Waals surface area contributed by atoms with Gasteiger partial charge in [-0.05, 0) is 22.6 Å². The molecule has 0 aromatic heterocycles. The lowest BCUT2D eigenvalue weighted by atomic mass is 10.2. The summed E-state index contributed by atoms with van der Waals surface area (Å²) in [4.78, 5) is 8.51. The summed E-state index contributed by atoms with van der Waals surface area (Å²) in [7, 11) is 0. The number of hydrogen-bond acceptors (Lipinski definition) is 4. The topological polar surface area (TPSA) is 60.0 Å². The maximum atomic E-state index is 5.49. The van der Waals surface area contributed by atoms with Crippen molar-refractivity contribution in [3.8, 4) is 0 Å². The predicted molar refractivity (Wildman–Crippen MR) is 43.4 cm³/mol. The van der Waals surface area contributed by atoms with Gasteiger partial charge in [-0.25, -0.2) is 0 Å². The first kappa shape index (κ1) is 7.68. The smallest absolute Gasteiger partial charge is 0.168 e. The van der Waals surface area contributed by atoms with Crippen LogP contribution >= 0.6 is 15.9 Å². The van der Waals surface area contributed by atoms with Crippen molar-refractivity contribution in [1.82, 2.24) is 0 Å². The number of oxime groups is 1. The standard InChI is InChI=1S/C5H8BrN3O/c1-8-5(7)3-2-4(6)9-10-3/h3,5H,1-2,7H2. The van der Waals surface area contributed by atoms with Gasteiger partial charge < -0.3 is 10.6 Å². The molecule has 10 heavy (non-hydrogen) atoms. The Morgan fingerprint density at radius 3 is 3.10 bits per heavy atom. The molecule has 1 aliphatic heterocycles. The first-order chi connectivity index (χ1) is 4.74. The third-order valence-corrected chi connectivity index (χ3v) is 1.72. The second-order valence-electron chi connectivity index (χ2n) is 1.99. The summed E-state index contributed by atoms with van der Waals surface area (Å²) in [5.41, 5.74) is 5.49. The quantitative estimate of drug-likeness (QED) is 0.667. The zero-order chi connectivity index (χ0) is 7.56. The van der Waals surface area contributed by atoms with Crippen LogP contribution in [-0.2, 0) is 4.84 Å². The van der Waals surface area contributed by atoms with Crippen LogP contribution in [0.4, 0.5) is 0 Å². The van der Waals surface area contributed by atoms with Crippen LogP contribution in [0.1, 0.15) is 6.42 Å². The molecule has 0 spiro atoms. The number of nitrogens with zero attached hydrogens (tertiary/aromatic N) is 2. The molecule has 2 N–H and O–H groups in total. The molecule has 1 rings (SSSR count). The first-order valence-corrected chi connectivity index (χ1v) is 3.63. The highest BCUT2D eigenvalue weighted by Gasteiger charge is 2.24. The molecule has 0 saturated heterocycles. The zero-order valence-corrected chi connectivity index (χ0v) is 6.91. The monoisotopic (exact) mass is 205 g/mol. The summed E-state index contributed by atoms with van der Waals surface area (Å²) in [6.45, 7) is 3.31. The van der Waals surface area contributed by atoms with Crippen molar-refractivity contribution < 1.29 is 4.84 Å². The van der Waals surface area contributed by atoms with Gasteiger partial charge in [-0.3, -0.25) is 4.99 Å². The van der Waals surface area contributed by atoms with Crippen molar-refractivity contribution >= 4 is 27.3 Å². The summed E-state index contributed by atoms with van der Waals surface area (Å²) in [5.74, 6) is 0. The molecular formula is C5H8BrN3O.